The highest BCUT2D eigenvalue weighted by Crippen LogP contribution is 2.04. The molecule has 0 radical (unpaired) electrons. The van der Waals surface area contributed by atoms with Crippen molar-refractivity contribution in [3.05, 3.63) is 24.4 Å². The lowest BCUT2D eigenvalue weighted by atomic mass is 10.4. The van der Waals surface area contributed by atoms with Crippen molar-refractivity contribution in [2.45, 2.75) is 0 Å². The maximum Gasteiger partial charge on any atom is 0.214 e. The van der Waals surface area contributed by atoms with Gasteiger partial charge in [0.1, 0.15) is 5.52 Å². The Morgan fingerprint density at radius 2 is 2.30 bits per heavy atom. The Bertz CT molecular complexity index is 355. The summed E-state index contributed by atoms with van der Waals surface area (Å²) in [7, 11) is 0. The lowest BCUT2D eigenvalue weighted by molar-refractivity contribution is 0.588. The van der Waals surface area contributed by atoms with Gasteiger partial charge in [-0.15, -0.1) is 0 Å². The topological polar surface area (TPSA) is 41.6 Å². The minimum atomic E-state index is -0.489. The average Bonchev–Trinajstić information content (AvgIpc) is 2.33. The smallest absolute Gasteiger partial charge is 0.214 e. The number of hydrogen-bond donors (Lipinski definition) is 1. The van der Waals surface area contributed by atoms with Gasteiger partial charge in [-0.25, -0.2) is 4.98 Å². The van der Waals surface area contributed by atoms with E-state index in [9.17, 15) is 4.39 Å². The summed E-state index contributed by atoms with van der Waals surface area (Å²) in [5.74, 6) is -0.489. The van der Waals surface area contributed by atoms with E-state index in [1.165, 1.54) is 12.4 Å². The second kappa shape index (κ2) is 1.76. The predicted molar refractivity (Wildman–Crippen MR) is 33.8 cm³/mol. The highest BCUT2D eigenvalue weighted by Gasteiger charge is 1.96. The summed E-state index contributed by atoms with van der Waals surface area (Å²) in [6.07, 6.45) is 1.48. The molecule has 2 aromatic rings. The number of hydrogen-bond acceptors (Lipinski definition) is 2. The van der Waals surface area contributed by atoms with Crippen LogP contribution in [0.1, 0.15) is 0 Å². The van der Waals surface area contributed by atoms with E-state index in [1.807, 2.05) is 0 Å². The van der Waals surface area contributed by atoms with Crippen LogP contribution in [0.4, 0.5) is 4.39 Å². The quantitative estimate of drug-likeness (QED) is 0.552. The lowest BCUT2D eigenvalue weighted by Gasteiger charge is -1.85. The van der Waals surface area contributed by atoms with Crippen molar-refractivity contribution in [2.24, 2.45) is 0 Å². The van der Waals surface area contributed by atoms with Gasteiger partial charge in [0.05, 0.1) is 6.33 Å². The van der Waals surface area contributed by atoms with E-state index >= 15 is 0 Å². The van der Waals surface area contributed by atoms with Crippen LogP contribution in [0, 0.1) is 5.95 Å². The fourth-order valence-corrected chi connectivity index (χ4v) is 0.801. The molecule has 0 amide bonds. The number of nitrogens with zero attached hydrogens (tertiary/aromatic N) is 2. The zero-order valence-electron chi connectivity index (χ0n) is 5.00. The molecule has 50 valence electrons. The molecule has 0 unspecified atom stereocenters. The van der Waals surface area contributed by atoms with Crippen molar-refractivity contribution >= 4 is 11.2 Å². The van der Waals surface area contributed by atoms with Gasteiger partial charge in [0.15, 0.2) is 5.65 Å². The van der Waals surface area contributed by atoms with Crippen LogP contribution in [0.25, 0.3) is 11.2 Å². The summed E-state index contributed by atoms with van der Waals surface area (Å²) in [6.45, 7) is 0. The predicted octanol–water partition coefficient (Wildman–Crippen LogP) is 1.10. The van der Waals surface area contributed by atoms with Gasteiger partial charge in [-0.2, -0.15) is 9.37 Å². The SMILES string of the molecule is Fc1ccc2nc[nH]c2n1. The standard InChI is InChI=1S/C6H4FN3/c7-5-2-1-4-6(10-5)9-3-8-4/h1-3H,(H,8,9,10). The number of imidazole rings is 1. The van der Waals surface area contributed by atoms with E-state index in [1.54, 1.807) is 6.07 Å². The molecular weight excluding hydrogens is 133 g/mol. The van der Waals surface area contributed by atoms with Crippen molar-refractivity contribution in [1.82, 2.24) is 15.0 Å². The first-order valence-corrected chi connectivity index (χ1v) is 2.82. The van der Waals surface area contributed by atoms with Crippen LogP contribution in [-0.4, -0.2) is 15.0 Å². The number of H-pyrrole nitrogens is 1. The molecule has 1 N–H and O–H groups in total. The Labute approximate surface area is 55.9 Å². The van der Waals surface area contributed by atoms with Crippen molar-refractivity contribution in [3.63, 3.8) is 0 Å². The molecular formula is C6H4FN3. The molecule has 10 heavy (non-hydrogen) atoms. The van der Waals surface area contributed by atoms with Gasteiger partial charge in [-0.05, 0) is 12.1 Å². The summed E-state index contributed by atoms with van der Waals surface area (Å²) >= 11 is 0. The molecule has 0 bridgehead atoms. The molecule has 0 saturated carbocycles. The highest BCUT2D eigenvalue weighted by molar-refractivity contribution is 5.68. The first-order valence-electron chi connectivity index (χ1n) is 2.82. The summed E-state index contributed by atoms with van der Waals surface area (Å²) < 4.78 is 12.4. The molecule has 3 nitrogen and oxygen atoms in total. The Morgan fingerprint density at radius 1 is 1.40 bits per heavy atom. The zero-order valence-corrected chi connectivity index (χ0v) is 5.00. The maximum absolute atomic E-state index is 12.4. The van der Waals surface area contributed by atoms with Crippen molar-refractivity contribution in [2.75, 3.05) is 0 Å². The van der Waals surface area contributed by atoms with Gasteiger partial charge in [-0.1, -0.05) is 0 Å². The molecule has 2 rings (SSSR count). The molecule has 0 fully saturated rings. The van der Waals surface area contributed by atoms with Crippen LogP contribution >= 0.6 is 0 Å². The van der Waals surface area contributed by atoms with Crippen LogP contribution < -0.4 is 0 Å². The number of fused-ring (bicyclic) bond motifs is 1. The van der Waals surface area contributed by atoms with Gasteiger partial charge in [0.25, 0.3) is 0 Å². The van der Waals surface area contributed by atoms with Crippen molar-refractivity contribution in [3.8, 4) is 0 Å². The lowest BCUT2D eigenvalue weighted by Crippen LogP contribution is -1.81. The van der Waals surface area contributed by atoms with Gasteiger partial charge in [-0.3, -0.25) is 0 Å². The molecule has 0 aliphatic carbocycles. The Kier molecular flexibility index (Phi) is 0.943. The third kappa shape index (κ3) is 0.655. The number of halogens is 1. The Hall–Kier alpha value is -1.45. The van der Waals surface area contributed by atoms with E-state index < -0.39 is 5.95 Å². The number of pyridine rings is 1. The number of nitrogens with one attached hydrogen (secondary N) is 1. The molecule has 0 saturated heterocycles. The Balaban J connectivity index is 2.86. The highest BCUT2D eigenvalue weighted by atomic mass is 19.1. The van der Waals surface area contributed by atoms with E-state index in [0.717, 1.165) is 0 Å². The fraction of sp³-hybridized carbons (Fsp3) is 0. The number of aromatic amines is 1. The second-order valence-corrected chi connectivity index (χ2v) is 1.90. The zero-order chi connectivity index (χ0) is 6.97. The first-order chi connectivity index (χ1) is 4.86. The largest absolute Gasteiger partial charge is 0.329 e. The summed E-state index contributed by atoms with van der Waals surface area (Å²) in [5.41, 5.74) is 1.17. The van der Waals surface area contributed by atoms with Crippen molar-refractivity contribution < 1.29 is 4.39 Å². The van der Waals surface area contributed by atoms with Crippen LogP contribution in [0.15, 0.2) is 18.5 Å². The summed E-state index contributed by atoms with van der Waals surface area (Å²) in [5, 5.41) is 0. The van der Waals surface area contributed by atoms with Crippen LogP contribution in [0.5, 0.6) is 0 Å². The van der Waals surface area contributed by atoms with Gasteiger partial charge >= 0.3 is 0 Å². The van der Waals surface area contributed by atoms with Crippen LogP contribution in [-0.2, 0) is 0 Å². The van der Waals surface area contributed by atoms with E-state index in [4.69, 9.17) is 0 Å². The van der Waals surface area contributed by atoms with Gasteiger partial charge < -0.3 is 4.98 Å². The molecule has 2 heterocycles. The third-order valence-corrected chi connectivity index (χ3v) is 1.24. The van der Waals surface area contributed by atoms with Crippen molar-refractivity contribution in [1.29, 1.82) is 0 Å². The normalized spacial score (nSPS) is 10.5. The first kappa shape index (κ1) is 5.34. The monoisotopic (exact) mass is 137 g/mol. The minimum absolute atomic E-state index is 0.486. The van der Waals surface area contributed by atoms with E-state index in [2.05, 4.69) is 15.0 Å². The molecule has 0 aliphatic rings. The molecule has 2 aromatic heterocycles. The van der Waals surface area contributed by atoms with E-state index in [0.29, 0.717) is 11.2 Å². The second-order valence-electron chi connectivity index (χ2n) is 1.90. The molecule has 0 atom stereocenters. The van der Waals surface area contributed by atoms with E-state index in [-0.39, 0.29) is 0 Å². The maximum atomic E-state index is 12.4. The average molecular weight is 137 g/mol. The fourth-order valence-electron chi connectivity index (χ4n) is 0.801. The van der Waals surface area contributed by atoms with Crippen LogP contribution in [0.3, 0.4) is 0 Å². The molecule has 4 heteroatoms. The molecule has 0 spiro atoms. The summed E-state index contributed by atoms with van der Waals surface area (Å²) in [6, 6.07) is 2.86. The summed E-state index contributed by atoms with van der Waals surface area (Å²) in [4.78, 5) is 10.1. The van der Waals surface area contributed by atoms with Gasteiger partial charge in [0.2, 0.25) is 5.95 Å². The van der Waals surface area contributed by atoms with Crippen LogP contribution in [0.2, 0.25) is 0 Å². The minimum Gasteiger partial charge on any atom is -0.329 e. The molecule has 0 aliphatic heterocycles. The molecule has 0 aromatic carbocycles. The Morgan fingerprint density at radius 3 is 3.20 bits per heavy atom. The van der Waals surface area contributed by atoms with Gasteiger partial charge in [0, 0.05) is 0 Å². The third-order valence-electron chi connectivity index (χ3n) is 1.24. The number of rotatable bonds is 0. The number of aromatic nitrogens is 3.